The van der Waals surface area contributed by atoms with Crippen LogP contribution in [0, 0.1) is 0 Å². The summed E-state index contributed by atoms with van der Waals surface area (Å²) in [6, 6.07) is 4.51. The first-order valence-corrected chi connectivity index (χ1v) is 8.86. The van der Waals surface area contributed by atoms with E-state index in [0.29, 0.717) is 22.6 Å². The summed E-state index contributed by atoms with van der Waals surface area (Å²) in [6.07, 6.45) is 3.82. The first-order valence-electron chi connectivity index (χ1n) is 7.43. The van der Waals surface area contributed by atoms with Crippen molar-refractivity contribution in [3.63, 3.8) is 0 Å². The molecule has 0 bridgehead atoms. The fourth-order valence-corrected chi connectivity index (χ4v) is 4.28. The van der Waals surface area contributed by atoms with Crippen LogP contribution >= 0.6 is 23.4 Å². The molecule has 2 atom stereocenters. The molecule has 0 saturated heterocycles. The van der Waals surface area contributed by atoms with Gasteiger partial charge in [0.05, 0.1) is 19.2 Å². The minimum atomic E-state index is 0.596. The number of hydrogen-bond acceptors (Lipinski definition) is 4. The van der Waals surface area contributed by atoms with Gasteiger partial charge in [0.1, 0.15) is 0 Å². The third-order valence-corrected chi connectivity index (χ3v) is 5.58. The van der Waals surface area contributed by atoms with Crippen LogP contribution in [0.15, 0.2) is 12.1 Å². The third kappa shape index (κ3) is 4.21. The van der Waals surface area contributed by atoms with Gasteiger partial charge in [-0.15, -0.1) is 0 Å². The number of nitrogens with one attached hydrogen (secondary N) is 1. The Labute approximate surface area is 136 Å². The summed E-state index contributed by atoms with van der Waals surface area (Å²) in [7, 11) is 3.24. The molecule has 0 aromatic heterocycles. The number of rotatable bonds is 7. The highest BCUT2D eigenvalue weighted by Gasteiger charge is 2.24. The highest BCUT2D eigenvalue weighted by Crippen LogP contribution is 2.37. The lowest BCUT2D eigenvalue weighted by Gasteiger charge is -2.16. The van der Waals surface area contributed by atoms with E-state index >= 15 is 0 Å². The number of thioether (sulfide) groups is 1. The van der Waals surface area contributed by atoms with Crippen LogP contribution in [0.2, 0.25) is 5.02 Å². The summed E-state index contributed by atoms with van der Waals surface area (Å²) in [5, 5.41) is 5.08. The molecule has 3 nitrogen and oxygen atoms in total. The minimum absolute atomic E-state index is 0.596. The Balaban J connectivity index is 1.95. The Morgan fingerprint density at radius 2 is 2.10 bits per heavy atom. The lowest BCUT2D eigenvalue weighted by atomic mass is 10.1. The molecule has 1 aromatic rings. The quantitative estimate of drug-likeness (QED) is 0.815. The molecule has 1 saturated carbocycles. The maximum absolute atomic E-state index is 6.41. The maximum atomic E-state index is 6.41. The van der Waals surface area contributed by atoms with Gasteiger partial charge in [-0.1, -0.05) is 24.6 Å². The van der Waals surface area contributed by atoms with Crippen molar-refractivity contribution in [2.24, 2.45) is 0 Å². The summed E-state index contributed by atoms with van der Waals surface area (Å²) in [5.41, 5.74) is 1.06. The van der Waals surface area contributed by atoms with Gasteiger partial charge in [0.25, 0.3) is 0 Å². The largest absolute Gasteiger partial charge is 0.493 e. The summed E-state index contributed by atoms with van der Waals surface area (Å²) >= 11 is 8.48. The Morgan fingerprint density at radius 3 is 2.76 bits per heavy atom. The molecular weight excluding hydrogens is 306 g/mol. The van der Waals surface area contributed by atoms with Gasteiger partial charge in [-0.2, -0.15) is 11.8 Å². The lowest BCUT2D eigenvalue weighted by molar-refractivity contribution is 0.354. The van der Waals surface area contributed by atoms with Gasteiger partial charge in [-0.25, -0.2) is 0 Å². The molecular formula is C16H24ClNO2S. The van der Waals surface area contributed by atoms with Crippen molar-refractivity contribution < 1.29 is 9.47 Å². The molecule has 2 unspecified atom stereocenters. The Kier molecular flexibility index (Phi) is 6.52. The normalized spacial score (nSPS) is 21.5. The van der Waals surface area contributed by atoms with Crippen molar-refractivity contribution in [1.82, 2.24) is 5.32 Å². The Morgan fingerprint density at radius 1 is 1.29 bits per heavy atom. The molecule has 5 heteroatoms. The summed E-state index contributed by atoms with van der Waals surface area (Å²) in [6.45, 7) is 3.00. The molecule has 21 heavy (non-hydrogen) atoms. The van der Waals surface area contributed by atoms with E-state index in [2.05, 4.69) is 24.0 Å². The van der Waals surface area contributed by atoms with Gasteiger partial charge in [0.15, 0.2) is 11.5 Å². The summed E-state index contributed by atoms with van der Waals surface area (Å²) < 4.78 is 10.6. The van der Waals surface area contributed by atoms with E-state index in [4.69, 9.17) is 21.1 Å². The van der Waals surface area contributed by atoms with Gasteiger partial charge in [0, 0.05) is 17.8 Å². The smallest absolute Gasteiger partial charge is 0.179 e. The number of benzene rings is 1. The van der Waals surface area contributed by atoms with E-state index in [1.807, 2.05) is 12.1 Å². The second kappa shape index (κ2) is 8.16. The van der Waals surface area contributed by atoms with E-state index in [9.17, 15) is 0 Å². The van der Waals surface area contributed by atoms with E-state index in [-0.39, 0.29) is 0 Å². The molecule has 0 heterocycles. The fourth-order valence-electron chi connectivity index (χ4n) is 2.83. The van der Waals surface area contributed by atoms with Crippen LogP contribution in [0.25, 0.3) is 0 Å². The predicted molar refractivity (Wildman–Crippen MR) is 91.0 cm³/mol. The monoisotopic (exact) mass is 329 g/mol. The van der Waals surface area contributed by atoms with Crippen molar-refractivity contribution in [3.05, 3.63) is 22.7 Å². The van der Waals surface area contributed by atoms with Gasteiger partial charge < -0.3 is 14.8 Å². The molecule has 1 aliphatic carbocycles. The Hall–Kier alpha value is -0.580. The first kappa shape index (κ1) is 16.8. The van der Waals surface area contributed by atoms with Crippen molar-refractivity contribution in [2.75, 3.05) is 20.0 Å². The van der Waals surface area contributed by atoms with Gasteiger partial charge in [-0.05, 0) is 36.6 Å². The van der Waals surface area contributed by atoms with Crippen molar-refractivity contribution in [3.8, 4) is 11.5 Å². The lowest BCUT2D eigenvalue weighted by Crippen LogP contribution is -2.26. The van der Waals surface area contributed by atoms with Crippen molar-refractivity contribution in [2.45, 2.75) is 44.0 Å². The van der Waals surface area contributed by atoms with Crippen LogP contribution in [0.3, 0.4) is 0 Å². The third-order valence-electron chi connectivity index (χ3n) is 3.93. The van der Waals surface area contributed by atoms with E-state index in [0.717, 1.165) is 17.4 Å². The Bertz CT molecular complexity index is 470. The van der Waals surface area contributed by atoms with Crippen LogP contribution in [0.4, 0.5) is 0 Å². The zero-order valence-electron chi connectivity index (χ0n) is 12.9. The zero-order chi connectivity index (χ0) is 15.2. The summed E-state index contributed by atoms with van der Waals surface area (Å²) in [5.74, 6) is 2.50. The van der Waals surface area contributed by atoms with Crippen LogP contribution in [-0.4, -0.2) is 31.3 Å². The molecule has 1 aliphatic rings. The SMILES string of the molecule is CCSC1CCC(NCc2ccc(OC)c(OC)c2Cl)C1. The topological polar surface area (TPSA) is 30.5 Å². The van der Waals surface area contributed by atoms with Crippen molar-refractivity contribution >= 4 is 23.4 Å². The molecule has 0 radical (unpaired) electrons. The molecule has 0 amide bonds. The number of hydrogen-bond donors (Lipinski definition) is 1. The average molecular weight is 330 g/mol. The van der Waals surface area contributed by atoms with Crippen LogP contribution < -0.4 is 14.8 Å². The second-order valence-corrected chi connectivity index (χ2v) is 7.20. The van der Waals surface area contributed by atoms with Gasteiger partial charge in [0.2, 0.25) is 0 Å². The molecule has 1 aromatic carbocycles. The highest BCUT2D eigenvalue weighted by atomic mass is 35.5. The standard InChI is InChI=1S/C16H24ClNO2S/c1-4-21-13-7-6-12(9-13)18-10-11-5-8-14(19-2)16(20-3)15(11)17/h5,8,12-13,18H,4,6-7,9-10H2,1-3H3. The van der Waals surface area contributed by atoms with Gasteiger partial charge in [-0.3, -0.25) is 0 Å². The highest BCUT2D eigenvalue weighted by molar-refractivity contribution is 7.99. The second-order valence-electron chi connectivity index (χ2n) is 5.24. The molecule has 2 rings (SSSR count). The summed E-state index contributed by atoms with van der Waals surface area (Å²) in [4.78, 5) is 0. The number of ether oxygens (including phenoxy) is 2. The van der Waals surface area contributed by atoms with Gasteiger partial charge >= 0.3 is 0 Å². The van der Waals surface area contributed by atoms with Crippen molar-refractivity contribution in [1.29, 1.82) is 0 Å². The van der Waals surface area contributed by atoms with E-state index < -0.39 is 0 Å². The molecule has 1 fully saturated rings. The van der Waals surface area contributed by atoms with Crippen LogP contribution in [0.5, 0.6) is 11.5 Å². The molecule has 118 valence electrons. The number of methoxy groups -OCH3 is 2. The maximum Gasteiger partial charge on any atom is 0.179 e. The van der Waals surface area contributed by atoms with E-state index in [1.54, 1.807) is 14.2 Å². The first-order chi connectivity index (χ1) is 10.2. The van der Waals surface area contributed by atoms with Crippen LogP contribution in [-0.2, 0) is 6.54 Å². The molecule has 0 aliphatic heterocycles. The number of halogens is 1. The van der Waals surface area contributed by atoms with E-state index in [1.165, 1.54) is 25.0 Å². The minimum Gasteiger partial charge on any atom is -0.493 e. The fraction of sp³-hybridized carbons (Fsp3) is 0.625. The zero-order valence-corrected chi connectivity index (χ0v) is 14.5. The molecule has 0 spiro atoms. The molecule has 1 N–H and O–H groups in total. The predicted octanol–water partition coefficient (Wildman–Crippen LogP) is 4.12. The van der Waals surface area contributed by atoms with Crippen LogP contribution in [0.1, 0.15) is 31.7 Å². The average Bonchev–Trinajstić information content (AvgIpc) is 2.93.